The predicted molar refractivity (Wildman–Crippen MR) is 213 cm³/mol. The van der Waals surface area contributed by atoms with Gasteiger partial charge in [0.2, 0.25) is 0 Å². The van der Waals surface area contributed by atoms with Crippen molar-refractivity contribution < 1.29 is 14.2 Å². The zero-order chi connectivity index (χ0) is 36.6. The molecule has 290 valence electrons. The van der Waals surface area contributed by atoms with Gasteiger partial charge in [0.15, 0.2) is 0 Å². The molecule has 0 spiro atoms. The second-order valence-corrected chi connectivity index (χ2v) is 15.9. The Morgan fingerprint density at radius 1 is 0.340 bits per heavy atom. The maximum absolute atomic E-state index is 5.21. The topological polar surface area (TPSA) is 55.0 Å². The van der Waals surface area contributed by atoms with Crippen molar-refractivity contribution in [3.05, 3.63) is 0 Å². The van der Waals surface area contributed by atoms with E-state index in [-0.39, 0.29) is 0 Å². The first-order valence-corrected chi connectivity index (χ1v) is 20.1. The van der Waals surface area contributed by atoms with Gasteiger partial charge in [-0.25, -0.2) is 0 Å². The van der Waals surface area contributed by atoms with E-state index in [1.807, 2.05) is 0 Å². The minimum atomic E-state index is 0.689. The van der Waals surface area contributed by atoms with E-state index in [0.29, 0.717) is 6.04 Å². The van der Waals surface area contributed by atoms with Crippen LogP contribution in [-0.4, -0.2) is 89.9 Å². The molecule has 0 radical (unpaired) electrons. The van der Waals surface area contributed by atoms with Crippen LogP contribution < -0.4 is 10.6 Å². The number of morpholine rings is 1. The highest BCUT2D eigenvalue weighted by atomic mass is 16.5. The van der Waals surface area contributed by atoms with E-state index in [1.165, 1.54) is 90.4 Å². The number of hydrogen-bond donors (Lipinski definition) is 2. The first-order chi connectivity index (χ1) is 22.2. The third-order valence-corrected chi connectivity index (χ3v) is 5.84. The van der Waals surface area contributed by atoms with Gasteiger partial charge >= 0.3 is 0 Å². The number of piperidine rings is 1. The molecule has 6 nitrogen and oxygen atoms in total. The Labute approximate surface area is 299 Å². The van der Waals surface area contributed by atoms with Crippen LogP contribution in [0.1, 0.15) is 161 Å². The van der Waals surface area contributed by atoms with Gasteiger partial charge in [-0.05, 0) is 121 Å². The molecule has 5 aliphatic heterocycles. The molecule has 0 aromatic heterocycles. The molecular formula is C41H93N3O3. The molecule has 47 heavy (non-hydrogen) atoms. The lowest BCUT2D eigenvalue weighted by Crippen LogP contribution is -2.40. The molecule has 5 heterocycles. The lowest BCUT2D eigenvalue weighted by Gasteiger charge is -2.29. The third-order valence-electron chi connectivity index (χ3n) is 5.84. The number of ether oxygens (including phenoxy) is 3. The second kappa shape index (κ2) is 45.8. The van der Waals surface area contributed by atoms with E-state index >= 15 is 0 Å². The van der Waals surface area contributed by atoms with Crippen LogP contribution >= 0.6 is 0 Å². The van der Waals surface area contributed by atoms with Crippen LogP contribution in [-0.2, 0) is 14.2 Å². The first kappa shape index (κ1) is 53.6. The largest absolute Gasteiger partial charge is 0.381 e. The highest BCUT2D eigenvalue weighted by molar-refractivity contribution is 4.65. The molecule has 5 rings (SSSR count). The van der Waals surface area contributed by atoms with Crippen molar-refractivity contribution in [1.82, 2.24) is 15.5 Å². The van der Waals surface area contributed by atoms with Crippen molar-refractivity contribution in [2.24, 2.45) is 23.7 Å². The zero-order valence-electron chi connectivity index (χ0n) is 35.1. The fourth-order valence-corrected chi connectivity index (χ4v) is 3.72. The molecule has 0 atom stereocenters. The van der Waals surface area contributed by atoms with Crippen LogP contribution in [0.25, 0.3) is 0 Å². The van der Waals surface area contributed by atoms with Crippen LogP contribution in [0.3, 0.4) is 0 Å². The highest BCUT2D eigenvalue weighted by Gasteiger charge is 2.12. The lowest BCUT2D eigenvalue weighted by atomic mass is 10.2. The van der Waals surface area contributed by atoms with Gasteiger partial charge in [0.1, 0.15) is 0 Å². The minimum Gasteiger partial charge on any atom is -0.381 e. The lowest BCUT2D eigenvalue weighted by molar-refractivity contribution is 0.0238. The van der Waals surface area contributed by atoms with Crippen molar-refractivity contribution in [2.75, 3.05) is 78.9 Å². The number of nitrogens with one attached hydrogen (secondary N) is 2. The summed E-state index contributed by atoms with van der Waals surface area (Å²) in [6.07, 6.45) is 13.5. The van der Waals surface area contributed by atoms with Crippen molar-refractivity contribution >= 4 is 0 Å². The first-order valence-electron chi connectivity index (χ1n) is 20.1. The van der Waals surface area contributed by atoms with E-state index in [1.54, 1.807) is 0 Å². The molecule has 5 aliphatic rings. The molecule has 0 aromatic rings. The van der Waals surface area contributed by atoms with Gasteiger partial charge in [-0.1, -0.05) is 89.5 Å². The fraction of sp³-hybridized carbons (Fsp3) is 1.00. The van der Waals surface area contributed by atoms with Gasteiger partial charge in [0.25, 0.3) is 0 Å². The Kier molecular flexibility index (Phi) is 52.1. The summed E-state index contributed by atoms with van der Waals surface area (Å²) in [6.45, 7) is 43.5. The Bertz CT molecular complexity index is 399. The summed E-state index contributed by atoms with van der Waals surface area (Å²) in [5.41, 5.74) is 0. The molecule has 0 unspecified atom stereocenters. The summed E-state index contributed by atoms with van der Waals surface area (Å²) in [5.74, 6) is 3.33. The van der Waals surface area contributed by atoms with Crippen molar-refractivity contribution in [2.45, 2.75) is 167 Å². The molecule has 5 fully saturated rings. The van der Waals surface area contributed by atoms with Crippen molar-refractivity contribution in [3.8, 4) is 0 Å². The molecule has 6 heteroatoms. The molecule has 0 amide bonds. The maximum atomic E-state index is 5.21. The Morgan fingerprint density at radius 2 is 0.574 bits per heavy atom. The monoisotopic (exact) mass is 676 g/mol. The SMILES string of the molecule is C1CCNC1.C1CCNCC1.C1CCOC1.C1CCOCC1.CC(C)C.CC(C)C.CC(C)C.CC(C)C.CC(C)N1CCOCC1. The normalized spacial score (nSPS) is 18.7. The zero-order valence-corrected chi connectivity index (χ0v) is 35.1. The van der Waals surface area contributed by atoms with E-state index in [9.17, 15) is 0 Å². The summed E-state index contributed by atoms with van der Waals surface area (Å²) >= 11 is 0. The standard InChI is InChI=1S/C7H15NO.C5H11N.C5H10O.C4H9N.C4H8O.4C4H10/c1-7(2)8-3-5-9-6-4-8;2*1-2-4-6-5-3-1;2*1-2-4-5-3-1;4*1-4(2)3/h7H,3-6H2,1-2H3;6H,1-5H2;1-5H2;5H,1-4H2;1-4H2;4*4H,1-3H3. The minimum absolute atomic E-state index is 0.689. The maximum Gasteiger partial charge on any atom is 0.0594 e. The molecule has 0 aromatic carbocycles. The predicted octanol–water partition coefficient (Wildman–Crippen LogP) is 10.5. The molecule has 0 bridgehead atoms. The van der Waals surface area contributed by atoms with E-state index in [0.717, 1.165) is 76.4 Å². The summed E-state index contributed by atoms with van der Waals surface area (Å²) in [4.78, 5) is 2.43. The van der Waals surface area contributed by atoms with Gasteiger partial charge < -0.3 is 24.8 Å². The van der Waals surface area contributed by atoms with Crippen LogP contribution in [0, 0.1) is 23.7 Å². The van der Waals surface area contributed by atoms with Crippen LogP contribution in [0.4, 0.5) is 0 Å². The summed E-state index contributed by atoms with van der Waals surface area (Å²) < 4.78 is 15.2. The summed E-state index contributed by atoms with van der Waals surface area (Å²) in [5, 5.41) is 6.51. The summed E-state index contributed by atoms with van der Waals surface area (Å²) in [7, 11) is 0. The Hall–Kier alpha value is -0.240. The molecule has 0 saturated carbocycles. The summed E-state index contributed by atoms with van der Waals surface area (Å²) in [6, 6.07) is 0.689. The number of rotatable bonds is 1. The average molecular weight is 676 g/mol. The average Bonchev–Trinajstić information content (AvgIpc) is 3.80. The Morgan fingerprint density at radius 3 is 0.723 bits per heavy atom. The third kappa shape index (κ3) is 76.9. The quantitative estimate of drug-likeness (QED) is 0.288. The molecule has 0 aliphatic carbocycles. The second-order valence-electron chi connectivity index (χ2n) is 15.9. The van der Waals surface area contributed by atoms with Gasteiger partial charge in [0, 0.05) is 45.6 Å². The van der Waals surface area contributed by atoms with Crippen LogP contribution in [0.2, 0.25) is 0 Å². The molecular weight excluding hydrogens is 582 g/mol. The van der Waals surface area contributed by atoms with E-state index in [4.69, 9.17) is 14.2 Å². The van der Waals surface area contributed by atoms with Crippen LogP contribution in [0.5, 0.6) is 0 Å². The van der Waals surface area contributed by atoms with Crippen LogP contribution in [0.15, 0.2) is 0 Å². The van der Waals surface area contributed by atoms with Gasteiger partial charge in [-0.2, -0.15) is 0 Å². The number of hydrogen-bond acceptors (Lipinski definition) is 6. The Balaban J connectivity index is -0.000000225. The van der Waals surface area contributed by atoms with Gasteiger partial charge in [-0.3, -0.25) is 4.90 Å². The van der Waals surface area contributed by atoms with E-state index < -0.39 is 0 Å². The van der Waals surface area contributed by atoms with Crippen molar-refractivity contribution in [1.29, 1.82) is 0 Å². The number of nitrogens with zero attached hydrogens (tertiary/aromatic N) is 1. The van der Waals surface area contributed by atoms with Gasteiger partial charge in [-0.15, -0.1) is 0 Å². The van der Waals surface area contributed by atoms with Gasteiger partial charge in [0.05, 0.1) is 13.2 Å². The molecule has 2 N–H and O–H groups in total. The highest BCUT2D eigenvalue weighted by Crippen LogP contribution is 2.02. The van der Waals surface area contributed by atoms with Crippen molar-refractivity contribution in [3.63, 3.8) is 0 Å². The molecule has 5 saturated heterocycles. The smallest absolute Gasteiger partial charge is 0.0594 e. The van der Waals surface area contributed by atoms with E-state index in [2.05, 4.69) is 112 Å². The fourth-order valence-electron chi connectivity index (χ4n) is 3.72.